The Morgan fingerprint density at radius 2 is 1.77 bits per heavy atom. The van der Waals surface area contributed by atoms with Gasteiger partial charge in [0.25, 0.3) is 0 Å². The van der Waals surface area contributed by atoms with Gasteiger partial charge in [-0.05, 0) is 0 Å². The molecule has 2 aliphatic heterocycles. The van der Waals surface area contributed by atoms with Crippen LogP contribution in [0.2, 0.25) is 0 Å². The first-order chi connectivity index (χ1) is 10.3. The number of hydrogen-bond donors (Lipinski definition) is 0. The SMILES string of the molecule is COC(=O)[C@H]1CN(S(C)(=O)=O)CCN1C(=O)N1CCOCC1. The van der Waals surface area contributed by atoms with E-state index in [0.717, 1.165) is 6.26 Å². The van der Waals surface area contributed by atoms with Gasteiger partial charge in [-0.25, -0.2) is 18.0 Å². The lowest BCUT2D eigenvalue weighted by Gasteiger charge is -2.41. The molecule has 0 radical (unpaired) electrons. The number of rotatable bonds is 2. The van der Waals surface area contributed by atoms with Gasteiger partial charge in [0.15, 0.2) is 0 Å². The summed E-state index contributed by atoms with van der Waals surface area (Å²) in [6.45, 7) is 2.07. The molecule has 22 heavy (non-hydrogen) atoms. The highest BCUT2D eigenvalue weighted by Gasteiger charge is 2.40. The molecule has 2 heterocycles. The summed E-state index contributed by atoms with van der Waals surface area (Å²) in [6.07, 6.45) is 1.08. The summed E-state index contributed by atoms with van der Waals surface area (Å²) in [5, 5.41) is 0. The van der Waals surface area contributed by atoms with Gasteiger partial charge in [0.1, 0.15) is 6.04 Å². The van der Waals surface area contributed by atoms with Crippen LogP contribution in [-0.4, -0.2) is 99.9 Å². The number of urea groups is 1. The van der Waals surface area contributed by atoms with E-state index in [4.69, 9.17) is 9.47 Å². The second-order valence-electron chi connectivity index (χ2n) is 5.24. The molecule has 0 aromatic rings. The third-order valence-corrected chi connectivity index (χ3v) is 5.08. The predicted octanol–water partition coefficient (Wildman–Crippen LogP) is -1.44. The van der Waals surface area contributed by atoms with Crippen LogP contribution < -0.4 is 0 Å². The largest absolute Gasteiger partial charge is 0.467 e. The second-order valence-corrected chi connectivity index (χ2v) is 7.22. The van der Waals surface area contributed by atoms with E-state index in [-0.39, 0.29) is 25.7 Å². The Hall–Kier alpha value is -1.39. The number of nitrogens with zero attached hydrogens (tertiary/aromatic N) is 3. The normalized spacial score (nSPS) is 24.2. The number of sulfonamides is 1. The maximum Gasteiger partial charge on any atom is 0.330 e. The van der Waals surface area contributed by atoms with Crippen molar-refractivity contribution < 1.29 is 27.5 Å². The fourth-order valence-electron chi connectivity index (χ4n) is 2.56. The van der Waals surface area contributed by atoms with Crippen molar-refractivity contribution in [2.24, 2.45) is 0 Å². The molecule has 0 aromatic carbocycles. The Bertz CT molecular complexity index is 531. The lowest BCUT2D eigenvalue weighted by molar-refractivity contribution is -0.147. The first-order valence-electron chi connectivity index (χ1n) is 7.01. The van der Waals surface area contributed by atoms with Crippen LogP contribution in [-0.2, 0) is 24.3 Å². The molecule has 0 spiro atoms. The van der Waals surface area contributed by atoms with Crippen molar-refractivity contribution in [3.05, 3.63) is 0 Å². The molecular weight excluding hydrogens is 314 g/mol. The number of ether oxygens (including phenoxy) is 2. The maximum absolute atomic E-state index is 12.6. The zero-order valence-corrected chi connectivity index (χ0v) is 13.5. The molecule has 2 aliphatic rings. The van der Waals surface area contributed by atoms with Gasteiger partial charge in [0.05, 0.1) is 26.6 Å². The summed E-state index contributed by atoms with van der Waals surface area (Å²) in [5.74, 6) is -0.616. The van der Waals surface area contributed by atoms with Crippen LogP contribution in [0.15, 0.2) is 0 Å². The first kappa shape index (κ1) is 17.0. The van der Waals surface area contributed by atoms with E-state index in [1.807, 2.05) is 0 Å². The summed E-state index contributed by atoms with van der Waals surface area (Å²) in [4.78, 5) is 27.5. The van der Waals surface area contributed by atoms with Gasteiger partial charge in [-0.3, -0.25) is 0 Å². The predicted molar refractivity (Wildman–Crippen MR) is 76.7 cm³/mol. The first-order valence-corrected chi connectivity index (χ1v) is 8.85. The topological polar surface area (TPSA) is 96.5 Å². The molecule has 1 atom stereocenters. The van der Waals surface area contributed by atoms with Gasteiger partial charge < -0.3 is 19.3 Å². The van der Waals surface area contributed by atoms with E-state index < -0.39 is 22.0 Å². The minimum absolute atomic E-state index is 0.0818. The summed E-state index contributed by atoms with van der Waals surface area (Å²) < 4.78 is 34.4. The minimum atomic E-state index is -3.42. The van der Waals surface area contributed by atoms with Crippen molar-refractivity contribution in [2.75, 3.05) is 59.3 Å². The van der Waals surface area contributed by atoms with Crippen LogP contribution in [0.3, 0.4) is 0 Å². The molecule has 2 fully saturated rings. The number of hydrogen-bond acceptors (Lipinski definition) is 6. The van der Waals surface area contributed by atoms with Crippen molar-refractivity contribution >= 4 is 22.0 Å². The molecule has 0 unspecified atom stereocenters. The second kappa shape index (κ2) is 6.80. The molecule has 10 heteroatoms. The minimum Gasteiger partial charge on any atom is -0.467 e. The summed E-state index contributed by atoms with van der Waals surface area (Å²) in [7, 11) is -2.20. The zero-order valence-electron chi connectivity index (χ0n) is 12.7. The summed E-state index contributed by atoms with van der Waals surface area (Å²) >= 11 is 0. The van der Waals surface area contributed by atoms with Crippen LogP contribution in [0, 0.1) is 0 Å². The zero-order chi connectivity index (χ0) is 16.3. The van der Waals surface area contributed by atoms with Gasteiger partial charge in [-0.15, -0.1) is 0 Å². The van der Waals surface area contributed by atoms with E-state index >= 15 is 0 Å². The van der Waals surface area contributed by atoms with Crippen molar-refractivity contribution in [1.29, 1.82) is 0 Å². The molecule has 2 amide bonds. The third kappa shape index (κ3) is 3.68. The van der Waals surface area contributed by atoms with Crippen molar-refractivity contribution in [3.63, 3.8) is 0 Å². The lowest BCUT2D eigenvalue weighted by Crippen LogP contribution is -2.62. The van der Waals surface area contributed by atoms with Crippen LogP contribution in [0.5, 0.6) is 0 Å². The van der Waals surface area contributed by atoms with E-state index in [1.165, 1.54) is 16.3 Å². The van der Waals surface area contributed by atoms with Crippen molar-refractivity contribution in [1.82, 2.24) is 14.1 Å². The summed E-state index contributed by atoms with van der Waals surface area (Å²) in [6, 6.07) is -1.21. The van der Waals surface area contributed by atoms with E-state index in [2.05, 4.69) is 0 Å². The molecule has 126 valence electrons. The quantitative estimate of drug-likeness (QED) is 0.573. The number of carbonyl (C=O) groups excluding carboxylic acids is 2. The Morgan fingerprint density at radius 3 is 2.32 bits per heavy atom. The highest BCUT2D eigenvalue weighted by molar-refractivity contribution is 7.88. The average Bonchev–Trinajstić information content (AvgIpc) is 2.52. The van der Waals surface area contributed by atoms with E-state index in [1.54, 1.807) is 4.90 Å². The Labute approximate surface area is 129 Å². The van der Waals surface area contributed by atoms with Gasteiger partial charge in [-0.1, -0.05) is 0 Å². The molecule has 9 nitrogen and oxygen atoms in total. The Morgan fingerprint density at radius 1 is 1.14 bits per heavy atom. The average molecular weight is 335 g/mol. The molecule has 0 N–H and O–H groups in total. The molecule has 0 aromatic heterocycles. The molecular formula is C12H21N3O6S. The highest BCUT2D eigenvalue weighted by atomic mass is 32.2. The van der Waals surface area contributed by atoms with Crippen LogP contribution in [0.25, 0.3) is 0 Å². The van der Waals surface area contributed by atoms with Crippen LogP contribution >= 0.6 is 0 Å². The number of amides is 2. The molecule has 2 rings (SSSR count). The summed E-state index contributed by atoms with van der Waals surface area (Å²) in [5.41, 5.74) is 0. The number of methoxy groups -OCH3 is 1. The monoisotopic (exact) mass is 335 g/mol. The number of carbonyl (C=O) groups is 2. The van der Waals surface area contributed by atoms with E-state index in [9.17, 15) is 18.0 Å². The van der Waals surface area contributed by atoms with Crippen molar-refractivity contribution in [3.8, 4) is 0 Å². The van der Waals surface area contributed by atoms with Gasteiger partial charge in [-0.2, -0.15) is 4.31 Å². The number of piperazine rings is 1. The van der Waals surface area contributed by atoms with Crippen LogP contribution in [0.1, 0.15) is 0 Å². The van der Waals surface area contributed by atoms with Crippen molar-refractivity contribution in [2.45, 2.75) is 6.04 Å². The highest BCUT2D eigenvalue weighted by Crippen LogP contribution is 2.17. The Balaban J connectivity index is 2.15. The third-order valence-electron chi connectivity index (χ3n) is 3.81. The Kier molecular flexibility index (Phi) is 5.24. The maximum atomic E-state index is 12.6. The fraction of sp³-hybridized carbons (Fsp3) is 0.833. The van der Waals surface area contributed by atoms with Gasteiger partial charge in [0, 0.05) is 32.7 Å². The van der Waals surface area contributed by atoms with Crippen LogP contribution in [0.4, 0.5) is 4.79 Å². The molecule has 0 aliphatic carbocycles. The molecule has 0 bridgehead atoms. The van der Waals surface area contributed by atoms with Gasteiger partial charge >= 0.3 is 12.0 Å². The van der Waals surface area contributed by atoms with E-state index in [0.29, 0.717) is 26.3 Å². The van der Waals surface area contributed by atoms with Gasteiger partial charge in [0.2, 0.25) is 10.0 Å². The fourth-order valence-corrected chi connectivity index (χ4v) is 3.39. The standard InChI is InChI=1S/C12H21N3O6S/c1-20-11(16)10-9-14(22(2,18)19)3-4-15(10)12(17)13-5-7-21-8-6-13/h10H,3-9H2,1-2H3/t10-/m1/s1. The number of morpholine rings is 1. The molecule has 2 saturated heterocycles. The lowest BCUT2D eigenvalue weighted by atomic mass is 10.2. The number of esters is 1. The smallest absolute Gasteiger partial charge is 0.330 e. The molecule has 0 saturated carbocycles.